The van der Waals surface area contributed by atoms with Crippen molar-refractivity contribution in [3.63, 3.8) is 0 Å². The first-order chi connectivity index (χ1) is 10.2. The number of benzene rings is 1. The van der Waals surface area contributed by atoms with Crippen molar-refractivity contribution in [1.82, 2.24) is 9.78 Å². The molecule has 0 fully saturated rings. The molecule has 0 saturated carbocycles. The molecule has 2 heterocycles. The first kappa shape index (κ1) is 14.3. The predicted octanol–water partition coefficient (Wildman–Crippen LogP) is 2.68. The number of ketones is 1. The molecule has 0 amide bonds. The standard InChI is InChI=1S/C15H16BrN3O2/c1-21-7-6-19-14(12(16)9-18-19)15(20)11-8-17-13-5-3-2-4-10(11)13/h2-5,9,11,17H,6-8H2,1H3. The second-order valence-corrected chi connectivity index (χ2v) is 5.80. The Hall–Kier alpha value is -1.66. The molecule has 1 aliphatic rings. The number of methoxy groups -OCH3 is 1. The lowest BCUT2D eigenvalue weighted by molar-refractivity contribution is 0.0951. The Morgan fingerprint density at radius 2 is 2.33 bits per heavy atom. The minimum absolute atomic E-state index is 0.0768. The van der Waals surface area contributed by atoms with Crippen molar-refractivity contribution in [3.05, 3.63) is 46.2 Å². The molecule has 110 valence electrons. The zero-order valence-electron chi connectivity index (χ0n) is 11.7. The van der Waals surface area contributed by atoms with Crippen molar-refractivity contribution in [2.45, 2.75) is 12.5 Å². The normalized spacial score (nSPS) is 16.6. The lowest BCUT2D eigenvalue weighted by Crippen LogP contribution is -2.21. The molecule has 0 radical (unpaired) electrons. The summed E-state index contributed by atoms with van der Waals surface area (Å²) in [7, 11) is 1.64. The molecule has 1 aromatic heterocycles. The van der Waals surface area contributed by atoms with E-state index in [1.165, 1.54) is 0 Å². The minimum Gasteiger partial charge on any atom is -0.384 e. The van der Waals surface area contributed by atoms with Gasteiger partial charge in [-0.1, -0.05) is 18.2 Å². The molecule has 6 heteroatoms. The smallest absolute Gasteiger partial charge is 0.191 e. The zero-order chi connectivity index (χ0) is 14.8. The maximum absolute atomic E-state index is 12.9. The van der Waals surface area contributed by atoms with Crippen LogP contribution in [-0.2, 0) is 11.3 Å². The Labute approximate surface area is 131 Å². The molecule has 0 saturated heterocycles. The van der Waals surface area contributed by atoms with Gasteiger partial charge < -0.3 is 10.1 Å². The summed E-state index contributed by atoms with van der Waals surface area (Å²) >= 11 is 3.43. The van der Waals surface area contributed by atoms with Gasteiger partial charge in [-0.15, -0.1) is 0 Å². The van der Waals surface area contributed by atoms with E-state index in [9.17, 15) is 4.79 Å². The minimum atomic E-state index is -0.171. The van der Waals surface area contributed by atoms with Crippen LogP contribution < -0.4 is 5.32 Å². The van der Waals surface area contributed by atoms with Crippen molar-refractivity contribution < 1.29 is 9.53 Å². The zero-order valence-corrected chi connectivity index (χ0v) is 13.3. The van der Waals surface area contributed by atoms with E-state index < -0.39 is 0 Å². The molecule has 3 rings (SSSR count). The molecule has 1 aliphatic heterocycles. The molecule has 1 unspecified atom stereocenters. The molecule has 1 aromatic carbocycles. The maximum atomic E-state index is 12.9. The van der Waals surface area contributed by atoms with Gasteiger partial charge in [0.15, 0.2) is 5.78 Å². The average Bonchev–Trinajstić information content (AvgIpc) is 3.08. The van der Waals surface area contributed by atoms with Gasteiger partial charge in [0.25, 0.3) is 0 Å². The highest BCUT2D eigenvalue weighted by atomic mass is 79.9. The van der Waals surface area contributed by atoms with Gasteiger partial charge in [-0.05, 0) is 27.6 Å². The van der Waals surface area contributed by atoms with Crippen molar-refractivity contribution >= 4 is 27.4 Å². The number of para-hydroxylation sites is 1. The Bertz CT molecular complexity index is 669. The van der Waals surface area contributed by atoms with Crippen LogP contribution in [-0.4, -0.2) is 35.8 Å². The molecule has 1 N–H and O–H groups in total. The highest BCUT2D eigenvalue weighted by molar-refractivity contribution is 9.10. The highest BCUT2D eigenvalue weighted by Gasteiger charge is 2.32. The molecule has 1 atom stereocenters. The first-order valence-corrected chi connectivity index (χ1v) is 7.59. The van der Waals surface area contributed by atoms with Gasteiger partial charge in [0.1, 0.15) is 5.69 Å². The van der Waals surface area contributed by atoms with Crippen molar-refractivity contribution in [3.8, 4) is 0 Å². The van der Waals surface area contributed by atoms with Crippen LogP contribution in [0.1, 0.15) is 22.0 Å². The van der Waals surface area contributed by atoms with E-state index in [4.69, 9.17) is 4.74 Å². The third-order valence-electron chi connectivity index (χ3n) is 3.68. The molecule has 0 spiro atoms. The summed E-state index contributed by atoms with van der Waals surface area (Å²) in [5.41, 5.74) is 2.69. The van der Waals surface area contributed by atoms with Crippen LogP contribution in [0.25, 0.3) is 0 Å². The van der Waals surface area contributed by atoms with E-state index in [1.807, 2.05) is 24.3 Å². The summed E-state index contributed by atoms with van der Waals surface area (Å²) in [6.45, 7) is 1.71. The number of rotatable bonds is 5. The first-order valence-electron chi connectivity index (χ1n) is 6.79. The third-order valence-corrected chi connectivity index (χ3v) is 4.27. The molecule has 5 nitrogen and oxygen atoms in total. The maximum Gasteiger partial charge on any atom is 0.191 e. The number of halogens is 1. The van der Waals surface area contributed by atoms with Gasteiger partial charge in [-0.3, -0.25) is 9.48 Å². The number of nitrogens with zero attached hydrogens (tertiary/aromatic N) is 2. The van der Waals surface area contributed by atoms with Crippen LogP contribution in [0.3, 0.4) is 0 Å². The summed E-state index contributed by atoms with van der Waals surface area (Å²) in [5.74, 6) is -0.0941. The lowest BCUT2D eigenvalue weighted by atomic mass is 9.95. The SMILES string of the molecule is COCCn1ncc(Br)c1C(=O)C1CNc2ccccc21. The van der Waals surface area contributed by atoms with Gasteiger partial charge in [0.05, 0.1) is 29.7 Å². The number of hydrogen-bond acceptors (Lipinski definition) is 4. The van der Waals surface area contributed by atoms with E-state index >= 15 is 0 Å². The molecule has 2 aromatic rings. The van der Waals surface area contributed by atoms with Crippen molar-refractivity contribution in [2.24, 2.45) is 0 Å². The Morgan fingerprint density at radius 3 is 3.14 bits per heavy atom. The quantitative estimate of drug-likeness (QED) is 0.843. The van der Waals surface area contributed by atoms with Crippen LogP contribution >= 0.6 is 15.9 Å². The van der Waals surface area contributed by atoms with Crippen LogP contribution in [0.4, 0.5) is 5.69 Å². The Balaban J connectivity index is 1.91. The fraction of sp³-hybridized carbons (Fsp3) is 0.333. The van der Waals surface area contributed by atoms with E-state index in [2.05, 4.69) is 26.3 Å². The van der Waals surface area contributed by atoms with Crippen molar-refractivity contribution in [2.75, 3.05) is 25.6 Å². The lowest BCUT2D eigenvalue weighted by Gasteiger charge is -2.12. The number of ether oxygens (including phenoxy) is 1. The number of anilines is 1. The van der Waals surface area contributed by atoms with Crippen LogP contribution in [0.5, 0.6) is 0 Å². The number of carbonyl (C=O) groups excluding carboxylic acids is 1. The van der Waals surface area contributed by atoms with E-state index in [0.29, 0.717) is 25.4 Å². The fourth-order valence-electron chi connectivity index (χ4n) is 2.64. The molecular weight excluding hydrogens is 334 g/mol. The fourth-order valence-corrected chi connectivity index (χ4v) is 3.13. The largest absolute Gasteiger partial charge is 0.384 e. The monoisotopic (exact) mass is 349 g/mol. The molecule has 0 bridgehead atoms. The number of Topliss-reactive ketones (excluding diaryl/α,β-unsaturated/α-hetero) is 1. The van der Waals surface area contributed by atoms with Crippen LogP contribution in [0.2, 0.25) is 0 Å². The van der Waals surface area contributed by atoms with Gasteiger partial charge in [0, 0.05) is 19.3 Å². The number of carbonyl (C=O) groups is 1. The third kappa shape index (κ3) is 2.61. The van der Waals surface area contributed by atoms with Crippen molar-refractivity contribution in [1.29, 1.82) is 0 Å². The number of nitrogens with one attached hydrogen (secondary N) is 1. The van der Waals surface area contributed by atoms with E-state index in [0.717, 1.165) is 15.7 Å². The number of hydrogen-bond donors (Lipinski definition) is 1. The van der Waals surface area contributed by atoms with Crippen LogP contribution in [0.15, 0.2) is 34.9 Å². The Kier molecular flexibility index (Phi) is 4.07. The van der Waals surface area contributed by atoms with Gasteiger partial charge in [-0.2, -0.15) is 5.10 Å². The predicted molar refractivity (Wildman–Crippen MR) is 83.8 cm³/mol. The molecular formula is C15H16BrN3O2. The number of fused-ring (bicyclic) bond motifs is 1. The second-order valence-electron chi connectivity index (χ2n) is 4.94. The average molecular weight is 350 g/mol. The van der Waals surface area contributed by atoms with Crippen LogP contribution in [0, 0.1) is 0 Å². The van der Waals surface area contributed by atoms with E-state index in [1.54, 1.807) is 18.0 Å². The summed E-state index contributed by atoms with van der Waals surface area (Å²) in [6, 6.07) is 7.93. The number of aromatic nitrogens is 2. The highest BCUT2D eigenvalue weighted by Crippen LogP contribution is 2.34. The van der Waals surface area contributed by atoms with Gasteiger partial charge >= 0.3 is 0 Å². The molecule has 0 aliphatic carbocycles. The summed E-state index contributed by atoms with van der Waals surface area (Å²) in [6.07, 6.45) is 1.66. The molecule has 21 heavy (non-hydrogen) atoms. The summed E-state index contributed by atoms with van der Waals surface area (Å²) < 4.78 is 7.51. The summed E-state index contributed by atoms with van der Waals surface area (Å²) in [4.78, 5) is 12.9. The second kappa shape index (κ2) is 5.99. The van der Waals surface area contributed by atoms with E-state index in [-0.39, 0.29) is 11.7 Å². The van der Waals surface area contributed by atoms with Gasteiger partial charge in [-0.25, -0.2) is 0 Å². The summed E-state index contributed by atoms with van der Waals surface area (Å²) in [5, 5.41) is 7.53. The van der Waals surface area contributed by atoms with Gasteiger partial charge in [0.2, 0.25) is 0 Å². The Morgan fingerprint density at radius 1 is 1.52 bits per heavy atom. The topological polar surface area (TPSA) is 56.2 Å².